The van der Waals surface area contributed by atoms with Crippen molar-refractivity contribution in [1.29, 1.82) is 0 Å². The van der Waals surface area contributed by atoms with Gasteiger partial charge in [-0.3, -0.25) is 0 Å². The Hall–Kier alpha value is -1.78. The van der Waals surface area contributed by atoms with E-state index in [0.29, 0.717) is 0 Å². The quantitative estimate of drug-likeness (QED) is 0.552. The van der Waals surface area contributed by atoms with Crippen molar-refractivity contribution in [2.45, 2.75) is 0 Å². The van der Waals surface area contributed by atoms with Crippen LogP contribution in [-0.4, -0.2) is 7.28 Å². The molecule has 85 valence electrons. The molecule has 0 fully saturated rings. The number of benzene rings is 2. The van der Waals surface area contributed by atoms with Crippen LogP contribution < -0.4 is 10.9 Å². The summed E-state index contributed by atoms with van der Waals surface area (Å²) in [5, 5.41) is 0. The largest absolute Gasteiger partial charge is 0.208 e. The van der Waals surface area contributed by atoms with Gasteiger partial charge in [0.25, 0.3) is 0 Å². The summed E-state index contributed by atoms with van der Waals surface area (Å²) in [6, 6.07) is 6.45. The van der Waals surface area contributed by atoms with Gasteiger partial charge in [0.1, 0.15) is 23.3 Å². The molecule has 2 rings (SSSR count). The zero-order chi connectivity index (χ0) is 12.4. The molecule has 0 aromatic heterocycles. The van der Waals surface area contributed by atoms with Crippen LogP contribution in [0.1, 0.15) is 0 Å². The Morgan fingerprint density at radius 3 is 1.18 bits per heavy atom. The average Bonchev–Trinajstić information content (AvgIpc) is 2.27. The van der Waals surface area contributed by atoms with E-state index in [1.807, 2.05) is 0 Å². The van der Waals surface area contributed by atoms with E-state index in [1.54, 1.807) is 0 Å². The lowest BCUT2D eigenvalue weighted by atomic mass is 9.63. The summed E-state index contributed by atoms with van der Waals surface area (Å²) < 4.78 is 53.1. The summed E-state index contributed by atoms with van der Waals surface area (Å²) in [6.45, 7) is 0. The maximum Gasteiger partial charge on any atom is 0.207 e. The van der Waals surface area contributed by atoms with Crippen molar-refractivity contribution in [3.63, 3.8) is 0 Å². The van der Waals surface area contributed by atoms with Gasteiger partial charge >= 0.3 is 0 Å². The van der Waals surface area contributed by atoms with Crippen LogP contribution in [0.25, 0.3) is 0 Å². The molecular weight excluding hydrogens is 231 g/mol. The molecule has 0 atom stereocenters. The van der Waals surface area contributed by atoms with Crippen molar-refractivity contribution < 1.29 is 17.6 Å². The molecule has 0 amide bonds. The molecule has 2 aromatic carbocycles. The standard InChI is InChI=1S/C12H6BF4/c14-7-3-1-4-8(15)11(7)13-12-9(16)5-2-6-10(12)17/h1-6H. The van der Waals surface area contributed by atoms with Gasteiger partial charge in [-0.15, -0.1) is 0 Å². The Balaban J connectivity index is 2.45. The molecule has 0 aliphatic heterocycles. The highest BCUT2D eigenvalue weighted by molar-refractivity contribution is 6.67. The molecule has 2 aromatic rings. The molecule has 0 heterocycles. The molecule has 17 heavy (non-hydrogen) atoms. The van der Waals surface area contributed by atoms with Gasteiger partial charge in [0.15, 0.2) is 0 Å². The number of hydrogen-bond acceptors (Lipinski definition) is 0. The highest BCUT2D eigenvalue weighted by atomic mass is 19.1. The van der Waals surface area contributed by atoms with E-state index >= 15 is 0 Å². The lowest BCUT2D eigenvalue weighted by Crippen LogP contribution is -2.36. The smallest absolute Gasteiger partial charge is 0.207 e. The minimum absolute atomic E-state index is 0.462. The number of halogens is 4. The highest BCUT2D eigenvalue weighted by Gasteiger charge is 2.16. The van der Waals surface area contributed by atoms with Gasteiger partial charge in [0.05, 0.1) is 0 Å². The molecule has 0 bridgehead atoms. The fourth-order valence-electron chi connectivity index (χ4n) is 1.44. The zero-order valence-corrected chi connectivity index (χ0v) is 8.55. The van der Waals surface area contributed by atoms with Gasteiger partial charge in [-0.25, -0.2) is 17.6 Å². The lowest BCUT2D eigenvalue weighted by molar-refractivity contribution is 0.593. The van der Waals surface area contributed by atoms with Crippen molar-refractivity contribution in [3.8, 4) is 0 Å². The molecular formula is C12H6BF4. The highest BCUT2D eigenvalue weighted by Crippen LogP contribution is 2.02. The fourth-order valence-corrected chi connectivity index (χ4v) is 1.44. The molecule has 0 nitrogen and oxygen atoms in total. The molecule has 1 radical (unpaired) electrons. The lowest BCUT2D eigenvalue weighted by Gasteiger charge is -2.06. The molecule has 0 saturated carbocycles. The first kappa shape index (κ1) is 11.7. The number of rotatable bonds is 2. The minimum Gasteiger partial charge on any atom is -0.208 e. The van der Waals surface area contributed by atoms with Crippen LogP contribution in [0, 0.1) is 23.3 Å². The minimum atomic E-state index is -0.868. The van der Waals surface area contributed by atoms with Crippen molar-refractivity contribution >= 4 is 18.2 Å². The van der Waals surface area contributed by atoms with Crippen LogP contribution >= 0.6 is 0 Å². The molecule has 0 aliphatic carbocycles. The second-order valence-corrected chi connectivity index (χ2v) is 3.42. The topological polar surface area (TPSA) is 0 Å². The zero-order valence-electron chi connectivity index (χ0n) is 8.55. The predicted molar refractivity (Wildman–Crippen MR) is 57.7 cm³/mol. The summed E-state index contributed by atoms with van der Waals surface area (Å²) in [5.41, 5.74) is -0.923. The third kappa shape index (κ3) is 2.33. The Morgan fingerprint density at radius 2 is 0.882 bits per heavy atom. The van der Waals surface area contributed by atoms with Gasteiger partial charge in [0.2, 0.25) is 7.28 Å². The maximum atomic E-state index is 13.3. The summed E-state index contributed by atoms with van der Waals surface area (Å²) in [6.07, 6.45) is 0. The third-order valence-corrected chi connectivity index (χ3v) is 2.29. The van der Waals surface area contributed by atoms with Crippen molar-refractivity contribution in [1.82, 2.24) is 0 Å². The van der Waals surface area contributed by atoms with Crippen LogP contribution in [-0.2, 0) is 0 Å². The maximum absolute atomic E-state index is 13.3. The Morgan fingerprint density at radius 1 is 0.588 bits per heavy atom. The van der Waals surface area contributed by atoms with Gasteiger partial charge in [-0.2, -0.15) is 0 Å². The van der Waals surface area contributed by atoms with Gasteiger partial charge < -0.3 is 0 Å². The first-order valence-electron chi connectivity index (χ1n) is 4.82. The third-order valence-electron chi connectivity index (χ3n) is 2.29. The fraction of sp³-hybridized carbons (Fsp3) is 0. The van der Waals surface area contributed by atoms with E-state index in [-0.39, 0.29) is 0 Å². The van der Waals surface area contributed by atoms with Crippen LogP contribution in [0.2, 0.25) is 0 Å². The summed E-state index contributed by atoms with van der Waals surface area (Å²) in [5.74, 6) is -3.47. The van der Waals surface area contributed by atoms with E-state index in [9.17, 15) is 17.6 Å². The van der Waals surface area contributed by atoms with Crippen molar-refractivity contribution in [2.75, 3.05) is 0 Å². The predicted octanol–water partition coefficient (Wildman–Crippen LogP) is 1.90. The second-order valence-electron chi connectivity index (χ2n) is 3.42. The van der Waals surface area contributed by atoms with Crippen LogP contribution in [0.4, 0.5) is 17.6 Å². The molecule has 0 aliphatic rings. The normalized spacial score (nSPS) is 10.4. The van der Waals surface area contributed by atoms with E-state index < -0.39 is 34.2 Å². The van der Waals surface area contributed by atoms with Crippen LogP contribution in [0.3, 0.4) is 0 Å². The summed E-state index contributed by atoms with van der Waals surface area (Å²) >= 11 is 0. The molecule has 0 spiro atoms. The van der Waals surface area contributed by atoms with Crippen molar-refractivity contribution in [2.24, 2.45) is 0 Å². The molecule has 5 heteroatoms. The van der Waals surface area contributed by atoms with E-state index in [0.717, 1.165) is 31.5 Å². The SMILES string of the molecule is Fc1cccc(F)c1[B]c1c(F)cccc1F. The van der Waals surface area contributed by atoms with E-state index in [4.69, 9.17) is 0 Å². The molecule has 0 N–H and O–H groups in total. The Labute approximate surface area is 96.1 Å². The summed E-state index contributed by atoms with van der Waals surface area (Å²) in [7, 11) is 0.815. The first-order valence-corrected chi connectivity index (χ1v) is 4.82. The molecule has 0 saturated heterocycles. The van der Waals surface area contributed by atoms with Crippen LogP contribution in [0.5, 0.6) is 0 Å². The summed E-state index contributed by atoms with van der Waals surface area (Å²) in [4.78, 5) is 0. The monoisotopic (exact) mass is 237 g/mol. The van der Waals surface area contributed by atoms with Gasteiger partial charge in [0, 0.05) is 0 Å². The Bertz CT molecular complexity index is 464. The molecule has 0 unspecified atom stereocenters. The van der Waals surface area contributed by atoms with E-state index in [1.165, 1.54) is 12.1 Å². The van der Waals surface area contributed by atoms with Crippen LogP contribution in [0.15, 0.2) is 36.4 Å². The average molecular weight is 237 g/mol. The first-order chi connectivity index (χ1) is 8.09. The van der Waals surface area contributed by atoms with Crippen molar-refractivity contribution in [3.05, 3.63) is 59.7 Å². The second kappa shape index (κ2) is 4.61. The van der Waals surface area contributed by atoms with Gasteiger partial charge in [-0.1, -0.05) is 12.1 Å². The van der Waals surface area contributed by atoms with E-state index in [2.05, 4.69) is 0 Å². The number of hydrogen-bond donors (Lipinski definition) is 0. The Kier molecular flexibility index (Phi) is 3.18. The van der Waals surface area contributed by atoms with Gasteiger partial charge in [-0.05, 0) is 35.2 Å².